The Hall–Kier alpha value is -3.38. The van der Waals surface area contributed by atoms with E-state index in [0.717, 1.165) is 38.5 Å². The maximum absolute atomic E-state index is 13.9. The summed E-state index contributed by atoms with van der Waals surface area (Å²) in [7, 11) is 0. The monoisotopic (exact) mass is 515 g/mol. The van der Waals surface area contributed by atoms with E-state index in [4.69, 9.17) is 4.74 Å². The fourth-order valence-corrected chi connectivity index (χ4v) is 5.51. The average Bonchev–Trinajstić information content (AvgIpc) is 3.33. The van der Waals surface area contributed by atoms with Crippen LogP contribution in [0.2, 0.25) is 0 Å². The number of alkyl halides is 3. The second-order valence-electron chi connectivity index (χ2n) is 9.81. The van der Waals surface area contributed by atoms with Crippen molar-refractivity contribution in [2.45, 2.75) is 25.1 Å². The predicted molar refractivity (Wildman–Crippen MR) is 132 cm³/mol. The van der Waals surface area contributed by atoms with Gasteiger partial charge in [-0.25, -0.2) is 9.50 Å². The van der Waals surface area contributed by atoms with Gasteiger partial charge in [-0.1, -0.05) is 0 Å². The van der Waals surface area contributed by atoms with Crippen molar-refractivity contribution in [2.24, 2.45) is 5.92 Å². The molecule has 4 aliphatic rings. The van der Waals surface area contributed by atoms with Crippen LogP contribution in [-0.4, -0.2) is 77.4 Å². The minimum Gasteiger partial charge on any atom is -0.378 e. The van der Waals surface area contributed by atoms with Crippen molar-refractivity contribution in [3.05, 3.63) is 47.8 Å². The summed E-state index contributed by atoms with van der Waals surface area (Å²) >= 11 is 0. The third-order valence-corrected chi connectivity index (χ3v) is 7.54. The normalized spacial score (nSPS) is 23.9. The molecule has 1 aromatic carbocycles. The molecule has 4 saturated heterocycles. The first-order chi connectivity index (χ1) is 17.8. The first-order valence-corrected chi connectivity index (χ1v) is 12.5. The molecule has 7 rings (SSSR count). The molecule has 0 spiro atoms. The molecule has 6 heterocycles. The van der Waals surface area contributed by atoms with Crippen LogP contribution in [0.1, 0.15) is 28.8 Å². The Labute approximate surface area is 211 Å². The molecule has 2 N–H and O–H groups in total. The minimum atomic E-state index is -4.64. The van der Waals surface area contributed by atoms with Gasteiger partial charge in [0.05, 0.1) is 30.7 Å². The molecule has 0 radical (unpaired) electrons. The highest BCUT2D eigenvalue weighted by Gasteiger charge is 2.36. The number of piperidine rings is 3. The standard InChI is InChI=1S/C25H28F3N7O2/c26-25(27,28)19-13-17(34-9-11-37-12-10-34)1-2-20(19)31-24(36)18-14-29-35-8-5-22(32-23(18)35)30-21-15-33-6-3-16(21)4-7-33/h1-2,5,8,13-14,16,21H,3-4,6-7,9-12,15H2,(H,30,32)(H,31,36)/t21-/m1/s1. The van der Waals surface area contributed by atoms with Crippen molar-refractivity contribution in [2.75, 3.05) is 61.5 Å². The Bertz CT molecular complexity index is 1300. The van der Waals surface area contributed by atoms with Crippen molar-refractivity contribution >= 4 is 28.7 Å². The van der Waals surface area contributed by atoms with Crippen molar-refractivity contribution < 1.29 is 22.7 Å². The number of rotatable bonds is 5. The van der Waals surface area contributed by atoms with Gasteiger partial charge in [0, 0.05) is 37.6 Å². The molecule has 12 heteroatoms. The molecule has 2 aromatic heterocycles. The summed E-state index contributed by atoms with van der Waals surface area (Å²) in [6, 6.07) is 6.03. The SMILES string of the molecule is O=C(Nc1ccc(N2CCOCC2)cc1C(F)(F)F)c1cnn2ccc(N[C@@H]3CN4CCC3CC4)nc12. The van der Waals surface area contributed by atoms with Gasteiger partial charge in [-0.3, -0.25) is 4.79 Å². The molecule has 9 nitrogen and oxygen atoms in total. The number of nitrogens with one attached hydrogen (secondary N) is 2. The number of carbonyl (C=O) groups excluding carboxylic acids is 1. The summed E-state index contributed by atoms with van der Waals surface area (Å²) in [5.41, 5.74) is -0.394. The second-order valence-corrected chi connectivity index (χ2v) is 9.81. The molecule has 196 valence electrons. The molecule has 3 aromatic rings. The third-order valence-electron chi connectivity index (χ3n) is 7.54. The van der Waals surface area contributed by atoms with Gasteiger partial charge in [0.2, 0.25) is 0 Å². The van der Waals surface area contributed by atoms with Gasteiger partial charge >= 0.3 is 6.18 Å². The van der Waals surface area contributed by atoms with Crippen LogP contribution >= 0.6 is 0 Å². The quantitative estimate of drug-likeness (QED) is 0.539. The predicted octanol–water partition coefficient (Wildman–Crippen LogP) is 3.34. The number of carbonyl (C=O) groups is 1. The van der Waals surface area contributed by atoms with E-state index in [1.54, 1.807) is 18.3 Å². The molecule has 0 saturated carbocycles. The van der Waals surface area contributed by atoms with E-state index < -0.39 is 17.6 Å². The summed E-state index contributed by atoms with van der Waals surface area (Å²) in [6.07, 6.45) is 0.668. The zero-order valence-electron chi connectivity index (χ0n) is 20.2. The summed E-state index contributed by atoms with van der Waals surface area (Å²) in [5.74, 6) is 0.496. The molecule has 1 amide bonds. The Morgan fingerprint density at radius 2 is 1.86 bits per heavy atom. The van der Waals surface area contributed by atoms with E-state index in [2.05, 4.69) is 25.6 Å². The first kappa shape index (κ1) is 24.0. The van der Waals surface area contributed by atoms with Crippen molar-refractivity contribution in [1.29, 1.82) is 0 Å². The lowest BCUT2D eigenvalue weighted by atomic mass is 9.84. The number of aromatic nitrogens is 3. The van der Waals surface area contributed by atoms with Crippen molar-refractivity contribution in [3.63, 3.8) is 0 Å². The van der Waals surface area contributed by atoms with Crippen molar-refractivity contribution in [3.8, 4) is 0 Å². The van der Waals surface area contributed by atoms with E-state index in [9.17, 15) is 18.0 Å². The largest absolute Gasteiger partial charge is 0.418 e. The molecular weight excluding hydrogens is 487 g/mol. The molecular formula is C25H28F3N7O2. The fourth-order valence-electron chi connectivity index (χ4n) is 5.51. The Morgan fingerprint density at radius 1 is 1.08 bits per heavy atom. The first-order valence-electron chi connectivity index (χ1n) is 12.5. The number of amides is 1. The van der Waals surface area contributed by atoms with Gasteiger partial charge in [-0.05, 0) is 56.1 Å². The van der Waals surface area contributed by atoms with E-state index >= 15 is 0 Å². The Kier molecular flexibility index (Phi) is 6.15. The van der Waals surface area contributed by atoms with Gasteiger partial charge in [0.1, 0.15) is 11.4 Å². The third kappa shape index (κ3) is 4.82. The van der Waals surface area contributed by atoms with Crippen LogP contribution in [0.5, 0.6) is 0 Å². The van der Waals surface area contributed by atoms with Crippen LogP contribution in [0.15, 0.2) is 36.7 Å². The Balaban J connectivity index is 1.24. The highest BCUT2D eigenvalue weighted by atomic mass is 19.4. The Morgan fingerprint density at radius 3 is 2.57 bits per heavy atom. The van der Waals surface area contributed by atoms with Gasteiger partial charge < -0.3 is 25.2 Å². The van der Waals surface area contributed by atoms with Gasteiger partial charge in [-0.15, -0.1) is 0 Å². The number of anilines is 3. The zero-order valence-corrected chi connectivity index (χ0v) is 20.2. The fraction of sp³-hybridized carbons (Fsp3) is 0.480. The highest BCUT2D eigenvalue weighted by molar-refractivity contribution is 6.08. The number of fused-ring (bicyclic) bond motifs is 4. The van der Waals surface area contributed by atoms with Crippen LogP contribution < -0.4 is 15.5 Å². The summed E-state index contributed by atoms with van der Waals surface area (Å²) in [5, 5.41) is 10.1. The average molecular weight is 516 g/mol. The summed E-state index contributed by atoms with van der Waals surface area (Å²) in [6.45, 7) is 5.12. The lowest BCUT2D eigenvalue weighted by Crippen LogP contribution is -2.53. The smallest absolute Gasteiger partial charge is 0.378 e. The van der Waals surface area contributed by atoms with Crippen LogP contribution in [-0.2, 0) is 10.9 Å². The van der Waals surface area contributed by atoms with Crippen LogP contribution in [0.3, 0.4) is 0 Å². The van der Waals surface area contributed by atoms with Crippen LogP contribution in [0.25, 0.3) is 5.65 Å². The van der Waals surface area contributed by atoms with E-state index in [0.29, 0.717) is 43.7 Å². The van der Waals surface area contributed by atoms with Crippen molar-refractivity contribution in [1.82, 2.24) is 19.5 Å². The summed E-state index contributed by atoms with van der Waals surface area (Å²) < 4.78 is 48.6. The molecule has 1 atom stereocenters. The number of benzene rings is 1. The van der Waals surface area contributed by atoms with Gasteiger partial charge in [0.15, 0.2) is 5.65 Å². The number of halogens is 3. The zero-order chi connectivity index (χ0) is 25.6. The van der Waals surface area contributed by atoms with Crippen LogP contribution in [0.4, 0.5) is 30.4 Å². The maximum atomic E-state index is 13.9. The minimum absolute atomic E-state index is 0.0999. The van der Waals surface area contributed by atoms with E-state index in [1.807, 2.05) is 4.90 Å². The number of hydrogen-bond donors (Lipinski definition) is 2. The molecule has 4 fully saturated rings. The lowest BCUT2D eigenvalue weighted by molar-refractivity contribution is -0.136. The second kappa shape index (κ2) is 9.49. The lowest BCUT2D eigenvalue weighted by Gasteiger charge is -2.45. The molecule has 0 unspecified atom stereocenters. The molecule has 2 bridgehead atoms. The molecule has 0 aliphatic carbocycles. The number of ether oxygens (including phenoxy) is 1. The molecule has 4 aliphatic heterocycles. The summed E-state index contributed by atoms with van der Waals surface area (Å²) in [4.78, 5) is 22.0. The number of hydrogen-bond acceptors (Lipinski definition) is 7. The van der Waals surface area contributed by atoms with Gasteiger partial charge in [0.25, 0.3) is 5.91 Å². The molecule has 37 heavy (non-hydrogen) atoms. The number of nitrogens with zero attached hydrogens (tertiary/aromatic N) is 5. The topological polar surface area (TPSA) is 87.0 Å². The van der Waals surface area contributed by atoms with Crippen LogP contribution in [0, 0.1) is 5.92 Å². The highest BCUT2D eigenvalue weighted by Crippen LogP contribution is 2.38. The van der Waals surface area contributed by atoms with E-state index in [1.165, 1.54) is 16.8 Å². The van der Waals surface area contributed by atoms with Gasteiger partial charge in [-0.2, -0.15) is 18.3 Å². The van der Waals surface area contributed by atoms with E-state index in [-0.39, 0.29) is 22.9 Å². The number of morpholine rings is 1. The maximum Gasteiger partial charge on any atom is 0.418 e.